The molecule has 0 amide bonds. The van der Waals surface area contributed by atoms with Crippen molar-refractivity contribution in [3.05, 3.63) is 15.8 Å². The maximum Gasteiger partial charge on any atom is 0.244 e. The van der Waals surface area contributed by atoms with Gasteiger partial charge in [-0.15, -0.1) is 11.3 Å². The lowest BCUT2D eigenvalue weighted by atomic mass is 10.3. The average Bonchev–Trinajstić information content (AvgIpc) is 2.75. The molecule has 0 aliphatic heterocycles. The van der Waals surface area contributed by atoms with Crippen molar-refractivity contribution >= 4 is 21.4 Å². The molecule has 1 heterocycles. The predicted molar refractivity (Wildman–Crippen MR) is 85.8 cm³/mol. The smallest absolute Gasteiger partial charge is 0.244 e. The molecule has 0 bridgehead atoms. The van der Waals surface area contributed by atoms with Gasteiger partial charge in [0.25, 0.3) is 0 Å². The highest BCUT2D eigenvalue weighted by Gasteiger charge is 2.26. The zero-order valence-electron chi connectivity index (χ0n) is 13.1. The van der Waals surface area contributed by atoms with Crippen molar-refractivity contribution in [3.63, 3.8) is 0 Å². The van der Waals surface area contributed by atoms with Gasteiger partial charge in [0, 0.05) is 35.4 Å². The molecule has 0 fully saturated rings. The molecule has 0 saturated carbocycles. The summed E-state index contributed by atoms with van der Waals surface area (Å²) in [5, 5.41) is 3.32. The van der Waals surface area contributed by atoms with Crippen LogP contribution in [0.15, 0.2) is 11.0 Å². The second kappa shape index (κ2) is 7.54. The summed E-state index contributed by atoms with van der Waals surface area (Å²) in [4.78, 5) is 2.42. The molecule has 1 aromatic heterocycles. The molecule has 0 spiro atoms. The van der Waals surface area contributed by atoms with Crippen LogP contribution in [-0.2, 0) is 16.6 Å². The van der Waals surface area contributed by atoms with Crippen molar-refractivity contribution in [2.45, 2.75) is 58.5 Å². The van der Waals surface area contributed by atoms with Crippen molar-refractivity contribution in [2.24, 2.45) is 0 Å². The zero-order valence-corrected chi connectivity index (χ0v) is 14.7. The van der Waals surface area contributed by atoms with Crippen molar-refractivity contribution < 1.29 is 8.42 Å². The number of thiophene rings is 1. The summed E-state index contributed by atoms with van der Waals surface area (Å²) < 4.78 is 26.8. The first kappa shape index (κ1) is 17.6. The molecule has 1 rings (SSSR count). The molecule has 0 saturated heterocycles. The number of aryl methyl sites for hydroxylation is 1. The largest absolute Gasteiger partial charge is 0.310 e. The van der Waals surface area contributed by atoms with Gasteiger partial charge in [0.05, 0.1) is 4.90 Å². The Bertz CT molecular complexity index is 521. The van der Waals surface area contributed by atoms with Gasteiger partial charge < -0.3 is 5.32 Å². The first-order chi connectivity index (χ1) is 9.32. The molecule has 0 aliphatic carbocycles. The summed E-state index contributed by atoms with van der Waals surface area (Å²) in [6.07, 6.45) is 0.831. The lowest BCUT2D eigenvalue weighted by molar-refractivity contribution is 0.427. The first-order valence-corrected chi connectivity index (χ1v) is 9.41. The summed E-state index contributed by atoms with van der Waals surface area (Å²) in [5.41, 5.74) is 0. The second-order valence-electron chi connectivity index (χ2n) is 5.17. The van der Waals surface area contributed by atoms with Crippen LogP contribution in [0.3, 0.4) is 0 Å². The topological polar surface area (TPSA) is 49.4 Å². The van der Waals surface area contributed by atoms with E-state index in [1.165, 1.54) is 0 Å². The molecule has 116 valence electrons. The van der Waals surface area contributed by atoms with Crippen LogP contribution in [0, 0.1) is 6.92 Å². The minimum atomic E-state index is -3.35. The monoisotopic (exact) mass is 318 g/mol. The molecule has 0 radical (unpaired) electrons. The molecular weight excluding hydrogens is 292 g/mol. The SMILES string of the molecule is CCCN(CC)S(=O)(=O)c1cc(CNC(C)C)sc1C. The van der Waals surface area contributed by atoms with Gasteiger partial charge >= 0.3 is 0 Å². The summed E-state index contributed by atoms with van der Waals surface area (Å²) in [6.45, 7) is 11.7. The van der Waals surface area contributed by atoms with Crippen LogP contribution in [0.4, 0.5) is 0 Å². The number of rotatable bonds is 8. The van der Waals surface area contributed by atoms with Crippen LogP contribution < -0.4 is 5.32 Å². The molecular formula is C14H26N2O2S2. The fourth-order valence-corrected chi connectivity index (χ4v) is 5.10. The molecule has 0 atom stereocenters. The predicted octanol–water partition coefficient (Wildman–Crippen LogP) is 2.98. The Labute approximate surface area is 127 Å². The summed E-state index contributed by atoms with van der Waals surface area (Å²) in [6, 6.07) is 2.22. The Morgan fingerprint density at radius 1 is 1.35 bits per heavy atom. The average molecular weight is 319 g/mol. The second-order valence-corrected chi connectivity index (χ2v) is 8.41. The Balaban J connectivity index is 3.00. The third-order valence-electron chi connectivity index (χ3n) is 3.05. The fourth-order valence-electron chi connectivity index (χ4n) is 2.01. The maximum atomic E-state index is 12.6. The number of nitrogens with one attached hydrogen (secondary N) is 1. The standard InChI is InChI=1S/C14H26N2O2S2/c1-6-8-16(7-2)20(17,18)14-9-13(19-12(14)5)10-15-11(3)4/h9,11,15H,6-8,10H2,1-5H3. The van der Waals surface area contributed by atoms with Gasteiger partial charge in [-0.05, 0) is 19.4 Å². The molecule has 4 nitrogen and oxygen atoms in total. The van der Waals surface area contributed by atoms with E-state index >= 15 is 0 Å². The number of nitrogens with zero attached hydrogens (tertiary/aromatic N) is 1. The maximum absolute atomic E-state index is 12.6. The Morgan fingerprint density at radius 3 is 2.50 bits per heavy atom. The third-order valence-corrected chi connectivity index (χ3v) is 6.33. The molecule has 6 heteroatoms. The summed E-state index contributed by atoms with van der Waals surface area (Å²) >= 11 is 1.56. The van der Waals surface area contributed by atoms with E-state index in [0.29, 0.717) is 24.0 Å². The van der Waals surface area contributed by atoms with Gasteiger partial charge in [0.2, 0.25) is 10.0 Å². The van der Waals surface area contributed by atoms with Gasteiger partial charge in [0.15, 0.2) is 0 Å². The van der Waals surface area contributed by atoms with Gasteiger partial charge in [-0.25, -0.2) is 8.42 Å². The van der Waals surface area contributed by atoms with Gasteiger partial charge in [-0.1, -0.05) is 27.7 Å². The Hall–Kier alpha value is -0.430. The van der Waals surface area contributed by atoms with E-state index in [0.717, 1.165) is 22.7 Å². The number of hydrogen-bond acceptors (Lipinski definition) is 4. The normalized spacial score (nSPS) is 12.6. The van der Waals surface area contributed by atoms with Gasteiger partial charge in [0.1, 0.15) is 0 Å². The van der Waals surface area contributed by atoms with E-state index < -0.39 is 10.0 Å². The van der Waals surface area contributed by atoms with Gasteiger partial charge in [-0.2, -0.15) is 4.31 Å². The van der Waals surface area contributed by atoms with E-state index in [2.05, 4.69) is 19.2 Å². The van der Waals surface area contributed by atoms with E-state index in [9.17, 15) is 8.42 Å². The van der Waals surface area contributed by atoms with E-state index in [1.54, 1.807) is 15.6 Å². The van der Waals surface area contributed by atoms with Crippen LogP contribution in [0.25, 0.3) is 0 Å². The van der Waals surface area contributed by atoms with Crippen molar-refractivity contribution in [3.8, 4) is 0 Å². The van der Waals surface area contributed by atoms with E-state index in [4.69, 9.17) is 0 Å². The number of hydrogen-bond donors (Lipinski definition) is 1. The van der Waals surface area contributed by atoms with Crippen molar-refractivity contribution in [1.82, 2.24) is 9.62 Å². The zero-order chi connectivity index (χ0) is 15.3. The minimum Gasteiger partial charge on any atom is -0.310 e. The van der Waals surface area contributed by atoms with Crippen LogP contribution in [0.5, 0.6) is 0 Å². The quantitative estimate of drug-likeness (QED) is 0.801. The Kier molecular flexibility index (Phi) is 6.64. The third kappa shape index (κ3) is 4.28. The van der Waals surface area contributed by atoms with E-state index in [1.807, 2.05) is 26.8 Å². The summed E-state index contributed by atoms with van der Waals surface area (Å²) in [5.74, 6) is 0. The van der Waals surface area contributed by atoms with Crippen LogP contribution in [-0.4, -0.2) is 31.9 Å². The van der Waals surface area contributed by atoms with Crippen molar-refractivity contribution in [2.75, 3.05) is 13.1 Å². The lowest BCUT2D eigenvalue weighted by Gasteiger charge is -2.19. The van der Waals surface area contributed by atoms with Crippen LogP contribution in [0.1, 0.15) is 43.9 Å². The fraction of sp³-hybridized carbons (Fsp3) is 0.714. The molecule has 0 aromatic carbocycles. The highest BCUT2D eigenvalue weighted by Crippen LogP contribution is 2.28. The lowest BCUT2D eigenvalue weighted by Crippen LogP contribution is -2.31. The molecule has 1 N–H and O–H groups in total. The molecule has 1 aromatic rings. The first-order valence-electron chi connectivity index (χ1n) is 7.15. The molecule has 0 aliphatic rings. The Morgan fingerprint density at radius 2 is 2.00 bits per heavy atom. The van der Waals surface area contributed by atoms with Gasteiger partial charge in [-0.3, -0.25) is 0 Å². The van der Waals surface area contributed by atoms with E-state index in [-0.39, 0.29) is 0 Å². The van der Waals surface area contributed by atoms with Crippen molar-refractivity contribution in [1.29, 1.82) is 0 Å². The summed E-state index contributed by atoms with van der Waals surface area (Å²) in [7, 11) is -3.35. The highest BCUT2D eigenvalue weighted by atomic mass is 32.2. The number of sulfonamides is 1. The highest BCUT2D eigenvalue weighted by molar-refractivity contribution is 7.89. The van der Waals surface area contributed by atoms with Crippen LogP contribution in [0.2, 0.25) is 0 Å². The van der Waals surface area contributed by atoms with Crippen LogP contribution >= 0.6 is 11.3 Å². The molecule has 20 heavy (non-hydrogen) atoms. The minimum absolute atomic E-state index is 0.393. The molecule has 0 unspecified atom stereocenters.